The number of nitrogens with zero attached hydrogens (tertiary/aromatic N) is 4. The summed E-state index contributed by atoms with van der Waals surface area (Å²) in [5.41, 5.74) is -0.663. The van der Waals surface area contributed by atoms with E-state index in [1.807, 2.05) is 6.07 Å². The van der Waals surface area contributed by atoms with Gasteiger partial charge in [-0.05, 0) is 44.7 Å². The zero-order valence-electron chi connectivity index (χ0n) is 18.9. The molecule has 0 atom stereocenters. The minimum atomic E-state index is -0.710. The molecule has 12 nitrogen and oxygen atoms in total. The normalized spacial score (nSPS) is 19.8. The maximum atomic E-state index is 11.8. The van der Waals surface area contributed by atoms with Crippen LogP contribution in [0, 0.1) is 21.4 Å². The Labute approximate surface area is 196 Å². The third kappa shape index (κ3) is 6.98. The number of nitriles is 1. The van der Waals surface area contributed by atoms with Crippen LogP contribution in [0.4, 0.5) is 23.1 Å². The predicted octanol–water partition coefficient (Wildman–Crippen LogP) is 2.49. The molecule has 0 amide bonds. The van der Waals surface area contributed by atoms with Crippen molar-refractivity contribution in [3.63, 3.8) is 0 Å². The zero-order valence-corrected chi connectivity index (χ0v) is 18.9. The standard InChI is InChI=1S/C22H28N6O6/c1-22(30)6-4-16(5-7-22)25-21-18(34-11-10-33-9-8-29)12-17(28(31)32)20(27-21)26-19-3-2-15(13-23)14-24-19/h2-3,12,14,16,29-30H,4-11H2,1H3,(H2,24,25,26,27)/t16-,22+. The largest absolute Gasteiger partial charge is 0.487 e. The fourth-order valence-electron chi connectivity index (χ4n) is 3.54. The summed E-state index contributed by atoms with van der Waals surface area (Å²) < 4.78 is 10.9. The summed E-state index contributed by atoms with van der Waals surface area (Å²) >= 11 is 0. The highest BCUT2D eigenvalue weighted by Crippen LogP contribution is 2.37. The van der Waals surface area contributed by atoms with E-state index in [-0.39, 0.29) is 49.7 Å². The second-order valence-corrected chi connectivity index (χ2v) is 8.23. The maximum absolute atomic E-state index is 11.8. The van der Waals surface area contributed by atoms with Crippen molar-refractivity contribution in [2.75, 3.05) is 37.1 Å². The second kappa shape index (κ2) is 11.6. The Morgan fingerprint density at radius 1 is 1.29 bits per heavy atom. The molecule has 1 aliphatic rings. The van der Waals surface area contributed by atoms with Crippen LogP contribution in [0.25, 0.3) is 0 Å². The molecule has 1 aliphatic carbocycles. The Balaban J connectivity index is 1.87. The van der Waals surface area contributed by atoms with E-state index in [4.69, 9.17) is 19.8 Å². The first-order valence-corrected chi connectivity index (χ1v) is 10.9. The average molecular weight is 473 g/mol. The summed E-state index contributed by atoms with van der Waals surface area (Å²) in [5.74, 6) is 0.766. The molecule has 4 N–H and O–H groups in total. The summed E-state index contributed by atoms with van der Waals surface area (Å²) in [7, 11) is 0. The molecule has 34 heavy (non-hydrogen) atoms. The van der Waals surface area contributed by atoms with Gasteiger partial charge >= 0.3 is 5.69 Å². The van der Waals surface area contributed by atoms with Gasteiger partial charge in [0, 0.05) is 12.2 Å². The van der Waals surface area contributed by atoms with Gasteiger partial charge in [0.2, 0.25) is 5.82 Å². The molecular weight excluding hydrogens is 444 g/mol. The SMILES string of the molecule is C[C@]1(O)CC[C@@H](Nc2nc(Nc3ccc(C#N)cn3)c([N+](=O)[O-])cc2OCCOCCO)CC1. The summed E-state index contributed by atoms with van der Waals surface area (Å²) in [5, 5.41) is 45.9. The van der Waals surface area contributed by atoms with Crippen molar-refractivity contribution in [2.45, 2.75) is 44.2 Å². The second-order valence-electron chi connectivity index (χ2n) is 8.23. The number of nitrogens with one attached hydrogen (secondary N) is 2. The number of aliphatic hydroxyl groups excluding tert-OH is 1. The number of hydrogen-bond donors (Lipinski definition) is 4. The number of nitro groups is 1. The van der Waals surface area contributed by atoms with Crippen LogP contribution >= 0.6 is 0 Å². The van der Waals surface area contributed by atoms with Crippen molar-refractivity contribution >= 4 is 23.1 Å². The van der Waals surface area contributed by atoms with Crippen LogP contribution in [0.1, 0.15) is 38.2 Å². The quantitative estimate of drug-likeness (QED) is 0.215. The van der Waals surface area contributed by atoms with E-state index in [0.717, 1.165) is 0 Å². The topological polar surface area (TPSA) is 176 Å². The number of aromatic nitrogens is 2. The molecule has 0 aliphatic heterocycles. The fraction of sp³-hybridized carbons (Fsp3) is 0.500. The first-order valence-electron chi connectivity index (χ1n) is 10.9. The van der Waals surface area contributed by atoms with Crippen molar-refractivity contribution in [2.24, 2.45) is 0 Å². The van der Waals surface area contributed by atoms with E-state index >= 15 is 0 Å². The van der Waals surface area contributed by atoms with Crippen LogP contribution in [0.15, 0.2) is 24.4 Å². The van der Waals surface area contributed by atoms with Gasteiger partial charge in [0.05, 0.1) is 42.0 Å². The highest BCUT2D eigenvalue weighted by molar-refractivity contribution is 5.70. The Hall–Kier alpha value is -3.53. The van der Waals surface area contributed by atoms with E-state index in [0.29, 0.717) is 42.9 Å². The van der Waals surface area contributed by atoms with E-state index < -0.39 is 10.5 Å². The van der Waals surface area contributed by atoms with Gasteiger partial charge in [-0.2, -0.15) is 5.26 Å². The number of ether oxygens (including phenoxy) is 2. The van der Waals surface area contributed by atoms with Gasteiger partial charge in [0.25, 0.3) is 0 Å². The molecule has 0 spiro atoms. The Bertz CT molecular complexity index is 1010. The molecule has 0 bridgehead atoms. The highest BCUT2D eigenvalue weighted by Gasteiger charge is 2.30. The molecule has 182 valence electrons. The summed E-state index contributed by atoms with van der Waals surface area (Å²) in [4.78, 5) is 19.7. The predicted molar refractivity (Wildman–Crippen MR) is 123 cm³/mol. The monoisotopic (exact) mass is 472 g/mol. The van der Waals surface area contributed by atoms with Crippen LogP contribution in [0.3, 0.4) is 0 Å². The first-order chi connectivity index (χ1) is 16.3. The van der Waals surface area contributed by atoms with Crippen molar-refractivity contribution < 1.29 is 24.6 Å². The molecule has 2 aromatic heterocycles. The number of pyridine rings is 2. The lowest BCUT2D eigenvalue weighted by atomic mass is 9.84. The fourth-order valence-corrected chi connectivity index (χ4v) is 3.54. The highest BCUT2D eigenvalue weighted by atomic mass is 16.6. The van der Waals surface area contributed by atoms with E-state index in [1.165, 1.54) is 24.4 Å². The number of hydrogen-bond acceptors (Lipinski definition) is 11. The molecule has 1 saturated carbocycles. The van der Waals surface area contributed by atoms with Crippen LogP contribution < -0.4 is 15.4 Å². The average Bonchev–Trinajstić information content (AvgIpc) is 2.81. The lowest BCUT2D eigenvalue weighted by Gasteiger charge is -2.33. The van der Waals surface area contributed by atoms with Crippen LogP contribution in [-0.2, 0) is 4.74 Å². The lowest BCUT2D eigenvalue weighted by molar-refractivity contribution is -0.384. The third-order valence-corrected chi connectivity index (χ3v) is 5.43. The lowest BCUT2D eigenvalue weighted by Crippen LogP contribution is -2.36. The third-order valence-electron chi connectivity index (χ3n) is 5.43. The van der Waals surface area contributed by atoms with Gasteiger partial charge in [0.1, 0.15) is 18.5 Å². The van der Waals surface area contributed by atoms with Gasteiger partial charge in [0.15, 0.2) is 11.6 Å². The first kappa shape index (κ1) is 25.1. The van der Waals surface area contributed by atoms with Gasteiger partial charge in [-0.1, -0.05) is 0 Å². The van der Waals surface area contributed by atoms with Crippen LogP contribution in [-0.4, -0.2) is 63.2 Å². The van der Waals surface area contributed by atoms with Crippen molar-refractivity contribution in [1.82, 2.24) is 9.97 Å². The van der Waals surface area contributed by atoms with Crippen molar-refractivity contribution in [3.05, 3.63) is 40.1 Å². The van der Waals surface area contributed by atoms with Gasteiger partial charge < -0.3 is 30.3 Å². The molecule has 3 rings (SSSR count). The molecular formula is C22H28N6O6. The number of aliphatic hydroxyl groups is 2. The molecule has 0 unspecified atom stereocenters. The van der Waals surface area contributed by atoms with Gasteiger partial charge in [-0.25, -0.2) is 9.97 Å². The number of anilines is 3. The summed E-state index contributed by atoms with van der Waals surface area (Å²) in [6.07, 6.45) is 3.98. The minimum absolute atomic E-state index is 0.00283. The molecule has 0 aromatic carbocycles. The zero-order chi connectivity index (χ0) is 24.6. The minimum Gasteiger partial charge on any atom is -0.487 e. The Morgan fingerprint density at radius 2 is 2.06 bits per heavy atom. The van der Waals surface area contributed by atoms with Crippen LogP contribution in [0.2, 0.25) is 0 Å². The smallest absolute Gasteiger partial charge is 0.315 e. The van der Waals surface area contributed by atoms with E-state index in [9.17, 15) is 15.2 Å². The number of rotatable bonds is 11. The molecule has 12 heteroatoms. The van der Waals surface area contributed by atoms with E-state index in [2.05, 4.69) is 20.6 Å². The Morgan fingerprint density at radius 3 is 2.68 bits per heavy atom. The van der Waals surface area contributed by atoms with Crippen molar-refractivity contribution in [1.29, 1.82) is 5.26 Å². The van der Waals surface area contributed by atoms with E-state index in [1.54, 1.807) is 6.92 Å². The molecule has 1 fully saturated rings. The summed E-state index contributed by atoms with van der Waals surface area (Å²) in [6.45, 7) is 2.15. The molecule has 2 heterocycles. The maximum Gasteiger partial charge on any atom is 0.315 e. The van der Waals surface area contributed by atoms with Gasteiger partial charge in [-0.3, -0.25) is 10.1 Å². The van der Waals surface area contributed by atoms with Gasteiger partial charge in [-0.15, -0.1) is 0 Å². The molecule has 0 saturated heterocycles. The summed E-state index contributed by atoms with van der Waals surface area (Å²) in [6, 6.07) is 6.32. The Kier molecular flexibility index (Phi) is 8.53. The van der Waals surface area contributed by atoms with Crippen molar-refractivity contribution in [3.8, 4) is 11.8 Å². The molecule has 2 aromatic rings. The van der Waals surface area contributed by atoms with Crippen LogP contribution in [0.5, 0.6) is 5.75 Å². The molecule has 0 radical (unpaired) electrons.